The van der Waals surface area contributed by atoms with E-state index in [-0.39, 0.29) is 0 Å². The minimum atomic E-state index is 0.497. The smallest absolute Gasteiger partial charge is 0.0413 e. The van der Waals surface area contributed by atoms with Crippen molar-refractivity contribution in [2.24, 2.45) is 0 Å². The molecule has 0 fully saturated rings. The van der Waals surface area contributed by atoms with Gasteiger partial charge in [0.25, 0.3) is 0 Å². The number of anilines is 2. The van der Waals surface area contributed by atoms with Crippen molar-refractivity contribution in [1.29, 1.82) is 0 Å². The van der Waals surface area contributed by atoms with Crippen LogP contribution >= 0.6 is 11.3 Å². The summed E-state index contributed by atoms with van der Waals surface area (Å²) in [5.41, 5.74) is 11.0. The van der Waals surface area contributed by atoms with Gasteiger partial charge in [0.1, 0.15) is 0 Å². The first-order chi connectivity index (χ1) is 15.7. The molecule has 3 rings (SSSR count). The maximum Gasteiger partial charge on any atom is 0.0413 e. The van der Waals surface area contributed by atoms with E-state index in [9.17, 15) is 0 Å². The Morgan fingerprint density at radius 2 is 0.848 bits per heavy atom. The Morgan fingerprint density at radius 1 is 0.545 bits per heavy atom. The summed E-state index contributed by atoms with van der Waals surface area (Å²) in [6.45, 7) is 20.0. The van der Waals surface area contributed by atoms with Crippen LogP contribution in [0.2, 0.25) is 0 Å². The molecule has 0 aliphatic carbocycles. The Kier molecular flexibility index (Phi) is 8.64. The second-order valence-corrected chi connectivity index (χ2v) is 11.1. The molecule has 33 heavy (non-hydrogen) atoms. The Bertz CT molecular complexity index is 909. The quantitative estimate of drug-likeness (QED) is 0.313. The highest BCUT2D eigenvalue weighted by Gasteiger charge is 2.16. The third-order valence-corrected chi connectivity index (χ3v) is 7.33. The predicted molar refractivity (Wildman–Crippen MR) is 148 cm³/mol. The molecule has 2 nitrogen and oxygen atoms in total. The van der Waals surface area contributed by atoms with E-state index in [2.05, 4.69) is 113 Å². The van der Waals surface area contributed by atoms with Gasteiger partial charge >= 0.3 is 0 Å². The molecule has 0 aliphatic heterocycles. The zero-order chi connectivity index (χ0) is 24.1. The lowest BCUT2D eigenvalue weighted by molar-refractivity contribution is 0.830. The molecule has 0 radical (unpaired) electrons. The minimum absolute atomic E-state index is 0.497. The Hall–Kier alpha value is -2.26. The van der Waals surface area contributed by atoms with E-state index < -0.39 is 0 Å². The molecular weight excluding hydrogens is 420 g/mol. The number of benzene rings is 2. The van der Waals surface area contributed by atoms with Crippen LogP contribution < -0.4 is 10.6 Å². The molecule has 3 aromatic rings. The van der Waals surface area contributed by atoms with Gasteiger partial charge in [-0.3, -0.25) is 0 Å². The second-order valence-electron chi connectivity index (χ2n) is 10.4. The van der Waals surface area contributed by atoms with Crippen LogP contribution in [0.25, 0.3) is 0 Å². The number of hydrogen-bond donors (Lipinski definition) is 2. The van der Waals surface area contributed by atoms with Crippen molar-refractivity contribution in [3.63, 3.8) is 0 Å². The average molecular weight is 463 g/mol. The third kappa shape index (κ3) is 6.00. The van der Waals surface area contributed by atoms with Gasteiger partial charge in [-0.25, -0.2) is 0 Å². The molecule has 0 saturated carbocycles. The highest BCUT2D eigenvalue weighted by Crippen LogP contribution is 2.35. The molecule has 0 saturated heterocycles. The molecule has 1 aromatic heterocycles. The molecule has 0 aliphatic rings. The molecular formula is C30H42N2S. The molecule has 0 bridgehead atoms. The maximum atomic E-state index is 3.82. The molecule has 178 valence electrons. The van der Waals surface area contributed by atoms with Gasteiger partial charge in [0.2, 0.25) is 0 Å². The molecule has 3 heteroatoms. The number of para-hydroxylation sites is 2. The van der Waals surface area contributed by atoms with Crippen LogP contribution in [0.4, 0.5) is 11.4 Å². The summed E-state index contributed by atoms with van der Waals surface area (Å²) in [6, 6.07) is 13.5. The molecule has 0 unspecified atom stereocenters. The van der Waals surface area contributed by atoms with E-state index in [1.807, 2.05) is 0 Å². The highest BCUT2D eigenvalue weighted by atomic mass is 32.1. The minimum Gasteiger partial charge on any atom is -0.380 e. The third-order valence-electron chi connectivity index (χ3n) is 6.49. The van der Waals surface area contributed by atoms with Gasteiger partial charge in [-0.05, 0) is 67.8 Å². The van der Waals surface area contributed by atoms with Gasteiger partial charge in [-0.2, -0.15) is 11.3 Å². The zero-order valence-electron chi connectivity index (χ0n) is 21.8. The van der Waals surface area contributed by atoms with Crippen LogP contribution in [0.3, 0.4) is 0 Å². The first kappa shape index (κ1) is 25.4. The molecule has 0 atom stereocenters. The Balaban J connectivity index is 1.81. The summed E-state index contributed by atoms with van der Waals surface area (Å²) in [6.07, 6.45) is 0. The van der Waals surface area contributed by atoms with Crippen molar-refractivity contribution >= 4 is 22.7 Å². The average Bonchev–Trinajstić information content (AvgIpc) is 3.22. The maximum absolute atomic E-state index is 3.82. The second kappa shape index (κ2) is 11.2. The first-order valence-corrected chi connectivity index (χ1v) is 13.4. The van der Waals surface area contributed by atoms with E-state index in [0.717, 1.165) is 13.1 Å². The lowest BCUT2D eigenvalue weighted by Gasteiger charge is -2.22. The zero-order valence-corrected chi connectivity index (χ0v) is 22.6. The van der Waals surface area contributed by atoms with Crippen molar-refractivity contribution in [3.05, 3.63) is 80.5 Å². The van der Waals surface area contributed by atoms with Gasteiger partial charge < -0.3 is 10.6 Å². The Labute approximate surface area is 205 Å². The summed E-state index contributed by atoms with van der Waals surface area (Å²) in [5.74, 6) is 1.99. The standard InChI is InChI=1S/C30H42N2S/c1-19(2)25-11-9-12-26(20(3)4)29(25)31-15-23-17-33-18-24(23)16-32-30-27(21(5)6)13-10-14-28(30)22(7)8/h9-14,17-22,31-32H,15-16H2,1-8H3. The van der Waals surface area contributed by atoms with Gasteiger partial charge in [0.15, 0.2) is 0 Å². The van der Waals surface area contributed by atoms with Crippen LogP contribution in [0, 0.1) is 0 Å². The van der Waals surface area contributed by atoms with E-state index in [4.69, 9.17) is 0 Å². The summed E-state index contributed by atoms with van der Waals surface area (Å²) < 4.78 is 0. The van der Waals surface area contributed by atoms with Crippen molar-refractivity contribution < 1.29 is 0 Å². The number of thiophene rings is 1. The van der Waals surface area contributed by atoms with Crippen molar-refractivity contribution in [2.75, 3.05) is 10.6 Å². The van der Waals surface area contributed by atoms with Crippen LogP contribution in [0.5, 0.6) is 0 Å². The number of rotatable bonds is 10. The van der Waals surface area contributed by atoms with Crippen LogP contribution in [0.15, 0.2) is 47.2 Å². The predicted octanol–water partition coefficient (Wildman–Crippen LogP) is 9.47. The number of nitrogens with one attached hydrogen (secondary N) is 2. The normalized spacial score (nSPS) is 11.8. The van der Waals surface area contributed by atoms with Gasteiger partial charge in [0.05, 0.1) is 0 Å². The van der Waals surface area contributed by atoms with Gasteiger partial charge in [-0.1, -0.05) is 91.8 Å². The van der Waals surface area contributed by atoms with Gasteiger partial charge in [0, 0.05) is 24.5 Å². The van der Waals surface area contributed by atoms with E-state index >= 15 is 0 Å². The van der Waals surface area contributed by atoms with Crippen molar-refractivity contribution in [1.82, 2.24) is 0 Å². The van der Waals surface area contributed by atoms with Crippen LogP contribution in [-0.4, -0.2) is 0 Å². The number of hydrogen-bond acceptors (Lipinski definition) is 3. The van der Waals surface area contributed by atoms with E-state index in [0.29, 0.717) is 23.7 Å². The lowest BCUT2D eigenvalue weighted by Crippen LogP contribution is -2.11. The van der Waals surface area contributed by atoms with Crippen molar-refractivity contribution in [2.45, 2.75) is 92.2 Å². The van der Waals surface area contributed by atoms with Crippen molar-refractivity contribution in [3.8, 4) is 0 Å². The van der Waals surface area contributed by atoms with E-state index in [1.165, 1.54) is 44.8 Å². The van der Waals surface area contributed by atoms with Crippen LogP contribution in [0.1, 0.15) is 112 Å². The monoisotopic (exact) mass is 462 g/mol. The molecule has 1 heterocycles. The fourth-order valence-corrected chi connectivity index (χ4v) is 5.40. The summed E-state index contributed by atoms with van der Waals surface area (Å²) in [4.78, 5) is 0. The molecule has 0 spiro atoms. The molecule has 0 amide bonds. The first-order valence-electron chi connectivity index (χ1n) is 12.5. The summed E-state index contributed by atoms with van der Waals surface area (Å²) >= 11 is 1.80. The van der Waals surface area contributed by atoms with E-state index in [1.54, 1.807) is 11.3 Å². The topological polar surface area (TPSA) is 24.1 Å². The fraction of sp³-hybridized carbons (Fsp3) is 0.467. The summed E-state index contributed by atoms with van der Waals surface area (Å²) in [7, 11) is 0. The van der Waals surface area contributed by atoms with Crippen LogP contribution in [-0.2, 0) is 13.1 Å². The lowest BCUT2D eigenvalue weighted by atomic mass is 9.92. The molecule has 2 aromatic carbocycles. The van der Waals surface area contributed by atoms with Gasteiger partial charge in [-0.15, -0.1) is 0 Å². The SMILES string of the molecule is CC(C)c1cccc(C(C)C)c1NCc1cscc1CNc1c(C(C)C)cccc1C(C)C. The summed E-state index contributed by atoms with van der Waals surface area (Å²) in [5, 5.41) is 12.2. The Morgan fingerprint density at radius 3 is 1.12 bits per heavy atom. The largest absolute Gasteiger partial charge is 0.380 e. The molecule has 2 N–H and O–H groups in total. The fourth-order valence-electron chi connectivity index (χ4n) is 4.54. The highest BCUT2D eigenvalue weighted by molar-refractivity contribution is 7.08.